The first kappa shape index (κ1) is 19.8. The van der Waals surface area contributed by atoms with E-state index in [4.69, 9.17) is 16.9 Å². The zero-order chi connectivity index (χ0) is 20.4. The van der Waals surface area contributed by atoms with Gasteiger partial charge >= 0.3 is 0 Å². The lowest BCUT2D eigenvalue weighted by Gasteiger charge is -2.34. The topological polar surface area (TPSA) is 73.2 Å². The largest absolute Gasteiger partial charge is 0.337 e. The summed E-state index contributed by atoms with van der Waals surface area (Å²) < 4.78 is 13.8. The molecule has 2 amide bonds. The lowest BCUT2D eigenvalue weighted by atomic mass is 9.88. The van der Waals surface area contributed by atoms with E-state index in [0.717, 1.165) is 0 Å². The minimum absolute atomic E-state index is 0.158. The van der Waals surface area contributed by atoms with Crippen LogP contribution < -0.4 is 5.32 Å². The van der Waals surface area contributed by atoms with Gasteiger partial charge in [0.25, 0.3) is 5.91 Å². The molecule has 1 heterocycles. The van der Waals surface area contributed by atoms with Crippen LogP contribution in [0.2, 0.25) is 5.02 Å². The van der Waals surface area contributed by atoms with Gasteiger partial charge in [-0.1, -0.05) is 25.4 Å². The third-order valence-electron chi connectivity index (χ3n) is 4.51. The summed E-state index contributed by atoms with van der Waals surface area (Å²) in [6.45, 7) is 4.62. The summed E-state index contributed by atoms with van der Waals surface area (Å²) in [5, 5.41) is 12.1. The monoisotopic (exact) mass is 399 g/mol. The molecule has 28 heavy (non-hydrogen) atoms. The Labute approximate surface area is 167 Å². The van der Waals surface area contributed by atoms with Crippen LogP contribution in [-0.4, -0.2) is 29.8 Å². The van der Waals surface area contributed by atoms with Crippen molar-refractivity contribution < 1.29 is 14.0 Å². The van der Waals surface area contributed by atoms with Gasteiger partial charge in [-0.3, -0.25) is 9.59 Å². The van der Waals surface area contributed by atoms with Gasteiger partial charge in [0, 0.05) is 29.4 Å². The molecule has 0 spiro atoms. The second-order valence-electron chi connectivity index (χ2n) is 7.22. The third-order valence-corrected chi connectivity index (χ3v) is 4.72. The molecule has 0 aromatic heterocycles. The minimum Gasteiger partial charge on any atom is -0.337 e. The number of carbonyl (C=O) groups is 2. The van der Waals surface area contributed by atoms with Crippen molar-refractivity contribution in [3.63, 3.8) is 0 Å². The van der Waals surface area contributed by atoms with Gasteiger partial charge in [0.05, 0.1) is 17.6 Å². The Morgan fingerprint density at radius 2 is 2.11 bits per heavy atom. The number of nitrogens with zero attached hydrogens (tertiary/aromatic N) is 2. The van der Waals surface area contributed by atoms with Crippen molar-refractivity contribution in [2.24, 2.45) is 5.92 Å². The zero-order valence-electron chi connectivity index (χ0n) is 15.5. The fraction of sp³-hybridized carbons (Fsp3) is 0.286. The molecule has 0 bridgehead atoms. The number of amides is 2. The second kappa shape index (κ2) is 7.99. The first-order chi connectivity index (χ1) is 13.3. The van der Waals surface area contributed by atoms with Gasteiger partial charge in [-0.25, -0.2) is 4.39 Å². The Bertz CT molecular complexity index is 984. The Hall–Kier alpha value is -2.91. The second-order valence-corrected chi connectivity index (χ2v) is 7.65. The molecule has 0 saturated carbocycles. The number of rotatable bonds is 4. The van der Waals surface area contributed by atoms with Crippen LogP contribution in [0.3, 0.4) is 0 Å². The van der Waals surface area contributed by atoms with Crippen LogP contribution in [0.25, 0.3) is 0 Å². The normalized spacial score (nSPS) is 15.9. The predicted octanol–water partition coefficient (Wildman–Crippen LogP) is 4.18. The van der Waals surface area contributed by atoms with Crippen molar-refractivity contribution in [3.05, 3.63) is 63.9 Å². The summed E-state index contributed by atoms with van der Waals surface area (Å²) in [6.07, 6.45) is 0. The quantitative estimate of drug-likeness (QED) is 0.837. The van der Waals surface area contributed by atoms with E-state index in [1.807, 2.05) is 19.9 Å². The van der Waals surface area contributed by atoms with E-state index in [0.29, 0.717) is 33.9 Å². The summed E-state index contributed by atoms with van der Waals surface area (Å²) in [5.74, 6) is -1.61. The molecule has 7 heteroatoms. The fourth-order valence-electron chi connectivity index (χ4n) is 3.37. The zero-order valence-corrected chi connectivity index (χ0v) is 16.3. The molecule has 144 valence electrons. The lowest BCUT2D eigenvalue weighted by molar-refractivity contribution is -0.118. The lowest BCUT2D eigenvalue weighted by Crippen LogP contribution is -2.45. The predicted molar refractivity (Wildman–Crippen MR) is 105 cm³/mol. The Kier molecular flexibility index (Phi) is 5.66. The van der Waals surface area contributed by atoms with E-state index in [1.54, 1.807) is 4.90 Å². The molecule has 0 aliphatic carbocycles. The molecule has 0 radical (unpaired) electrons. The molecule has 3 rings (SSSR count). The summed E-state index contributed by atoms with van der Waals surface area (Å²) in [7, 11) is 0. The van der Waals surface area contributed by atoms with Gasteiger partial charge in [-0.2, -0.15) is 5.26 Å². The Morgan fingerprint density at radius 1 is 1.36 bits per heavy atom. The third kappa shape index (κ3) is 4.15. The molecule has 0 saturated heterocycles. The van der Waals surface area contributed by atoms with E-state index < -0.39 is 11.7 Å². The first-order valence-corrected chi connectivity index (χ1v) is 9.26. The molecule has 5 nitrogen and oxygen atoms in total. The van der Waals surface area contributed by atoms with Crippen molar-refractivity contribution in [1.82, 2.24) is 4.90 Å². The molecular weight excluding hydrogens is 381 g/mol. The highest BCUT2D eigenvalue weighted by molar-refractivity contribution is 6.31. The number of carbonyl (C=O) groups excluding carboxylic acids is 2. The van der Waals surface area contributed by atoms with Crippen LogP contribution >= 0.6 is 11.6 Å². The van der Waals surface area contributed by atoms with Gasteiger partial charge in [-0.05, 0) is 47.9 Å². The van der Waals surface area contributed by atoms with E-state index in [2.05, 4.69) is 5.32 Å². The smallest absolute Gasteiger partial charge is 0.254 e. The molecule has 1 aliphatic heterocycles. The van der Waals surface area contributed by atoms with E-state index in [1.165, 1.54) is 36.4 Å². The van der Waals surface area contributed by atoms with Crippen LogP contribution in [0.15, 0.2) is 36.4 Å². The van der Waals surface area contributed by atoms with Gasteiger partial charge < -0.3 is 10.2 Å². The highest BCUT2D eigenvalue weighted by atomic mass is 35.5. The van der Waals surface area contributed by atoms with E-state index >= 15 is 0 Å². The number of hydrogen-bond acceptors (Lipinski definition) is 3. The Morgan fingerprint density at radius 3 is 2.79 bits per heavy atom. The molecule has 1 N–H and O–H groups in total. The summed E-state index contributed by atoms with van der Waals surface area (Å²) in [6, 6.07) is 10.4. The highest BCUT2D eigenvalue weighted by Crippen LogP contribution is 2.31. The van der Waals surface area contributed by atoms with Crippen LogP contribution in [0, 0.1) is 23.1 Å². The van der Waals surface area contributed by atoms with Crippen LogP contribution in [-0.2, 0) is 4.79 Å². The molecule has 1 aliphatic rings. The van der Waals surface area contributed by atoms with Crippen LogP contribution in [0.5, 0.6) is 0 Å². The fourth-order valence-corrected chi connectivity index (χ4v) is 3.60. The highest BCUT2D eigenvalue weighted by Gasteiger charge is 2.35. The van der Waals surface area contributed by atoms with E-state index in [9.17, 15) is 14.0 Å². The maximum atomic E-state index is 13.8. The summed E-state index contributed by atoms with van der Waals surface area (Å²) in [5.41, 5.74) is 1.39. The summed E-state index contributed by atoms with van der Waals surface area (Å²) >= 11 is 5.99. The number of hydrogen-bond donors (Lipinski definition) is 1. The van der Waals surface area contributed by atoms with Crippen LogP contribution in [0.4, 0.5) is 10.1 Å². The maximum Gasteiger partial charge on any atom is 0.254 e. The average molecular weight is 400 g/mol. The van der Waals surface area contributed by atoms with Gasteiger partial charge in [0.2, 0.25) is 5.91 Å². The first-order valence-electron chi connectivity index (χ1n) is 8.88. The standard InChI is InChI=1S/C21H19ClFN3O2/c1-12(2)10-26-11-19(18-8-15(23)3-4-17(18)21(26)28)20(27)25-16-6-13(9-24)5-14(22)7-16/h3-8,12,19H,10-11H2,1-2H3,(H,25,27)/t19-/m0/s1. The van der Waals surface area contributed by atoms with Crippen molar-refractivity contribution in [2.45, 2.75) is 19.8 Å². The van der Waals surface area contributed by atoms with Crippen molar-refractivity contribution in [2.75, 3.05) is 18.4 Å². The maximum absolute atomic E-state index is 13.8. The van der Waals surface area contributed by atoms with Crippen molar-refractivity contribution in [1.29, 1.82) is 5.26 Å². The number of nitriles is 1. The molecule has 1 atom stereocenters. The number of benzene rings is 2. The molecular formula is C21H19ClFN3O2. The minimum atomic E-state index is -0.730. The van der Waals surface area contributed by atoms with Crippen molar-refractivity contribution >= 4 is 29.1 Å². The number of fused-ring (bicyclic) bond motifs is 1. The number of halogens is 2. The summed E-state index contributed by atoms with van der Waals surface area (Å²) in [4.78, 5) is 27.3. The Balaban J connectivity index is 1.95. The average Bonchev–Trinajstić information content (AvgIpc) is 2.62. The van der Waals surface area contributed by atoms with Crippen LogP contribution in [0.1, 0.15) is 41.3 Å². The molecule has 0 unspecified atom stereocenters. The number of nitrogens with one attached hydrogen (secondary N) is 1. The molecule has 2 aromatic carbocycles. The van der Waals surface area contributed by atoms with Gasteiger partial charge in [0.1, 0.15) is 5.82 Å². The molecule has 0 fully saturated rings. The SMILES string of the molecule is CC(C)CN1C[C@H](C(=O)Nc2cc(Cl)cc(C#N)c2)c2cc(F)ccc2C1=O. The van der Waals surface area contributed by atoms with E-state index in [-0.39, 0.29) is 24.3 Å². The van der Waals surface area contributed by atoms with Gasteiger partial charge in [0.15, 0.2) is 0 Å². The van der Waals surface area contributed by atoms with Crippen molar-refractivity contribution in [3.8, 4) is 6.07 Å². The number of anilines is 1. The van der Waals surface area contributed by atoms with Gasteiger partial charge in [-0.15, -0.1) is 0 Å². The molecule has 2 aromatic rings.